The number of carbonyl (C=O) groups is 3. The number of esters is 1. The van der Waals surface area contributed by atoms with E-state index in [1.54, 1.807) is 30.3 Å². The maximum atomic E-state index is 12.5. The van der Waals surface area contributed by atoms with Crippen molar-refractivity contribution in [2.75, 3.05) is 7.11 Å². The van der Waals surface area contributed by atoms with Crippen molar-refractivity contribution in [3.8, 4) is 0 Å². The minimum Gasteiger partial charge on any atom is -0.467 e. The molecular formula is C20H28N2O4. The third-order valence-electron chi connectivity index (χ3n) is 3.82. The molecule has 1 rings (SSSR count). The number of methoxy groups -OCH3 is 1. The number of benzene rings is 1. The number of amides is 2. The van der Waals surface area contributed by atoms with E-state index >= 15 is 0 Å². The van der Waals surface area contributed by atoms with Gasteiger partial charge in [-0.3, -0.25) is 9.59 Å². The van der Waals surface area contributed by atoms with Crippen LogP contribution in [0.1, 0.15) is 49.9 Å². The van der Waals surface area contributed by atoms with Gasteiger partial charge in [0.25, 0.3) is 5.91 Å². The van der Waals surface area contributed by atoms with Gasteiger partial charge in [-0.1, -0.05) is 50.1 Å². The van der Waals surface area contributed by atoms with Crippen LogP contribution in [0, 0.1) is 0 Å². The highest BCUT2D eigenvalue weighted by atomic mass is 16.5. The molecule has 0 aliphatic heterocycles. The molecule has 1 aromatic carbocycles. The second kappa shape index (κ2) is 11.8. The Bertz CT molecular complexity index is 613. The van der Waals surface area contributed by atoms with Crippen molar-refractivity contribution < 1.29 is 19.1 Å². The van der Waals surface area contributed by atoms with Crippen molar-refractivity contribution in [2.45, 2.75) is 51.6 Å². The average molecular weight is 360 g/mol. The lowest BCUT2D eigenvalue weighted by Gasteiger charge is -2.18. The molecule has 2 N–H and O–H groups in total. The largest absolute Gasteiger partial charge is 0.467 e. The molecule has 0 spiro atoms. The minimum atomic E-state index is -0.864. The third kappa shape index (κ3) is 7.51. The van der Waals surface area contributed by atoms with Crippen LogP contribution in [0.5, 0.6) is 0 Å². The molecule has 0 saturated carbocycles. The van der Waals surface area contributed by atoms with Gasteiger partial charge < -0.3 is 15.4 Å². The second-order valence-corrected chi connectivity index (χ2v) is 5.99. The van der Waals surface area contributed by atoms with Crippen LogP contribution in [-0.2, 0) is 14.3 Å². The molecule has 0 fully saturated rings. The smallest absolute Gasteiger partial charge is 0.328 e. The van der Waals surface area contributed by atoms with Crippen LogP contribution in [-0.4, -0.2) is 37.0 Å². The minimum absolute atomic E-state index is 0.352. The van der Waals surface area contributed by atoms with E-state index in [-0.39, 0.29) is 5.91 Å². The Balaban J connectivity index is 2.78. The summed E-state index contributed by atoms with van der Waals surface area (Å²) in [6.07, 6.45) is 7.61. The van der Waals surface area contributed by atoms with Gasteiger partial charge in [0, 0.05) is 5.56 Å². The molecule has 0 bridgehead atoms. The summed E-state index contributed by atoms with van der Waals surface area (Å²) in [5, 5.41) is 5.26. The molecule has 1 aromatic rings. The Hall–Kier alpha value is -2.63. The Kier molecular flexibility index (Phi) is 9.75. The molecule has 0 aliphatic rings. The van der Waals surface area contributed by atoms with Crippen LogP contribution >= 0.6 is 0 Å². The molecule has 2 atom stereocenters. The molecular weight excluding hydrogens is 332 g/mol. The fraction of sp³-hybridized carbons (Fsp3) is 0.450. The summed E-state index contributed by atoms with van der Waals surface area (Å²) in [7, 11) is 1.26. The van der Waals surface area contributed by atoms with E-state index in [4.69, 9.17) is 0 Å². The van der Waals surface area contributed by atoms with E-state index in [0.717, 1.165) is 25.7 Å². The molecule has 1 unspecified atom stereocenters. The van der Waals surface area contributed by atoms with Crippen LogP contribution in [0.4, 0.5) is 0 Å². The fourth-order valence-electron chi connectivity index (χ4n) is 2.30. The zero-order valence-electron chi connectivity index (χ0n) is 15.7. The van der Waals surface area contributed by atoms with E-state index in [2.05, 4.69) is 22.3 Å². The van der Waals surface area contributed by atoms with E-state index in [9.17, 15) is 14.4 Å². The summed E-state index contributed by atoms with van der Waals surface area (Å²) in [4.78, 5) is 36.3. The first-order valence-electron chi connectivity index (χ1n) is 8.90. The van der Waals surface area contributed by atoms with Crippen LogP contribution < -0.4 is 10.6 Å². The zero-order valence-corrected chi connectivity index (χ0v) is 15.7. The Morgan fingerprint density at radius 3 is 2.42 bits per heavy atom. The highest BCUT2D eigenvalue weighted by Gasteiger charge is 2.23. The molecule has 6 heteroatoms. The number of carbonyl (C=O) groups excluding carboxylic acids is 3. The summed E-state index contributed by atoms with van der Waals surface area (Å²) in [5.74, 6) is -1.35. The summed E-state index contributed by atoms with van der Waals surface area (Å²) < 4.78 is 4.61. The number of hydrogen-bond acceptors (Lipinski definition) is 4. The number of nitrogens with one attached hydrogen (secondary N) is 2. The van der Waals surface area contributed by atoms with Crippen LogP contribution in [0.3, 0.4) is 0 Å². The molecule has 6 nitrogen and oxygen atoms in total. The highest BCUT2D eigenvalue weighted by molar-refractivity contribution is 5.98. The molecule has 0 heterocycles. The Morgan fingerprint density at radius 2 is 1.81 bits per heavy atom. The van der Waals surface area contributed by atoms with E-state index in [0.29, 0.717) is 5.56 Å². The zero-order chi connectivity index (χ0) is 19.4. The van der Waals surface area contributed by atoms with Gasteiger partial charge in [-0.05, 0) is 31.9 Å². The predicted molar refractivity (Wildman–Crippen MR) is 101 cm³/mol. The molecule has 0 saturated heterocycles. The molecule has 142 valence electrons. The summed E-state index contributed by atoms with van der Waals surface area (Å²) in [6.45, 7) is 3.65. The van der Waals surface area contributed by atoms with Gasteiger partial charge in [0.2, 0.25) is 5.91 Å². The third-order valence-corrected chi connectivity index (χ3v) is 3.82. The summed E-state index contributed by atoms with van der Waals surface area (Å²) in [5.41, 5.74) is 0.464. The lowest BCUT2D eigenvalue weighted by Crippen LogP contribution is -2.50. The number of allylic oxidation sites excluding steroid dienone is 1. The molecule has 26 heavy (non-hydrogen) atoms. The van der Waals surface area contributed by atoms with Crippen molar-refractivity contribution in [2.24, 2.45) is 0 Å². The second-order valence-electron chi connectivity index (χ2n) is 5.99. The lowest BCUT2D eigenvalue weighted by molar-refractivity contribution is -0.144. The standard InChI is InChI=1S/C20H28N2O4/c1-4-5-6-7-11-14-17(19(24)21-15(2)20(25)26-3)22-18(23)16-12-9-8-10-13-16/h8-15,17H,4-7H2,1-3H3,(H,21,24)(H,22,23)/t15-,17?/m0/s1. The van der Waals surface area contributed by atoms with Gasteiger partial charge in [0.05, 0.1) is 7.11 Å². The van der Waals surface area contributed by atoms with Crippen molar-refractivity contribution >= 4 is 17.8 Å². The van der Waals surface area contributed by atoms with Crippen molar-refractivity contribution in [1.82, 2.24) is 10.6 Å². The van der Waals surface area contributed by atoms with Crippen LogP contribution in [0.15, 0.2) is 42.5 Å². The van der Waals surface area contributed by atoms with Crippen molar-refractivity contribution in [3.63, 3.8) is 0 Å². The molecule has 0 aliphatic carbocycles. The first kappa shape index (κ1) is 21.4. The first-order valence-corrected chi connectivity index (χ1v) is 8.90. The quantitative estimate of drug-likeness (QED) is 0.382. The summed E-state index contributed by atoms with van der Waals surface area (Å²) in [6, 6.07) is 7.01. The van der Waals surface area contributed by atoms with Crippen molar-refractivity contribution in [1.29, 1.82) is 0 Å². The topological polar surface area (TPSA) is 84.5 Å². The molecule has 0 radical (unpaired) electrons. The highest BCUT2D eigenvalue weighted by Crippen LogP contribution is 2.03. The van der Waals surface area contributed by atoms with Gasteiger partial charge in [-0.15, -0.1) is 0 Å². The fourth-order valence-corrected chi connectivity index (χ4v) is 2.30. The predicted octanol–water partition coefficient (Wildman–Crippen LogP) is 2.60. The maximum Gasteiger partial charge on any atom is 0.328 e. The number of ether oxygens (including phenoxy) is 1. The van der Waals surface area contributed by atoms with E-state index in [1.807, 2.05) is 12.1 Å². The van der Waals surface area contributed by atoms with Crippen LogP contribution in [0.2, 0.25) is 0 Å². The number of hydrogen-bond donors (Lipinski definition) is 2. The number of unbranched alkanes of at least 4 members (excludes halogenated alkanes) is 3. The average Bonchev–Trinajstić information content (AvgIpc) is 2.66. The van der Waals surface area contributed by atoms with Crippen molar-refractivity contribution in [3.05, 3.63) is 48.0 Å². The Morgan fingerprint density at radius 1 is 1.12 bits per heavy atom. The summed E-state index contributed by atoms with van der Waals surface area (Å²) >= 11 is 0. The van der Waals surface area contributed by atoms with Gasteiger partial charge in [0.15, 0.2) is 0 Å². The van der Waals surface area contributed by atoms with E-state index in [1.165, 1.54) is 14.0 Å². The van der Waals surface area contributed by atoms with Gasteiger partial charge in [-0.2, -0.15) is 0 Å². The number of rotatable bonds is 10. The van der Waals surface area contributed by atoms with E-state index < -0.39 is 24.0 Å². The van der Waals surface area contributed by atoms with Crippen LogP contribution in [0.25, 0.3) is 0 Å². The Labute approximate surface area is 155 Å². The molecule has 2 amide bonds. The van der Waals surface area contributed by atoms with Gasteiger partial charge >= 0.3 is 5.97 Å². The molecule has 0 aromatic heterocycles. The maximum absolute atomic E-state index is 12.5. The normalized spacial score (nSPS) is 13.0. The lowest BCUT2D eigenvalue weighted by atomic mass is 10.1. The monoisotopic (exact) mass is 360 g/mol. The first-order chi connectivity index (χ1) is 12.5. The SMILES string of the molecule is CCCCCC=CC(NC(=O)c1ccccc1)C(=O)N[C@@H](C)C(=O)OC. The van der Waals surface area contributed by atoms with Gasteiger partial charge in [-0.25, -0.2) is 4.79 Å². The van der Waals surface area contributed by atoms with Gasteiger partial charge in [0.1, 0.15) is 12.1 Å².